The first kappa shape index (κ1) is 21.3. The number of benzene rings is 2. The van der Waals surface area contributed by atoms with Crippen LogP contribution in [0, 0.1) is 0 Å². The maximum absolute atomic E-state index is 12.9. The van der Waals surface area contributed by atoms with Crippen LogP contribution in [0.5, 0.6) is 5.75 Å². The molecule has 1 fully saturated rings. The lowest BCUT2D eigenvalue weighted by molar-refractivity contribution is -0.129. The monoisotopic (exact) mass is 436 g/mol. The van der Waals surface area contributed by atoms with Gasteiger partial charge in [0, 0.05) is 24.4 Å². The van der Waals surface area contributed by atoms with E-state index in [0.717, 1.165) is 10.5 Å². The van der Waals surface area contributed by atoms with Crippen molar-refractivity contribution in [3.05, 3.63) is 53.1 Å². The minimum atomic E-state index is -3.93. The number of nitrogens with one attached hydrogen (secondary N) is 1. The van der Waals surface area contributed by atoms with Crippen LogP contribution in [-0.4, -0.2) is 33.9 Å². The molecular formula is C20H21ClN2O5S. The molecule has 9 heteroatoms. The molecule has 1 aliphatic rings. The van der Waals surface area contributed by atoms with Crippen LogP contribution in [0.25, 0.3) is 0 Å². The van der Waals surface area contributed by atoms with Crippen molar-refractivity contribution < 1.29 is 22.7 Å². The molecule has 0 spiro atoms. The van der Waals surface area contributed by atoms with Crippen molar-refractivity contribution in [1.29, 1.82) is 0 Å². The fourth-order valence-electron chi connectivity index (χ4n) is 3.11. The average molecular weight is 437 g/mol. The van der Waals surface area contributed by atoms with Gasteiger partial charge in [-0.15, -0.1) is 0 Å². The van der Waals surface area contributed by atoms with E-state index in [9.17, 15) is 18.0 Å². The minimum Gasteiger partial charge on any atom is -0.495 e. The number of sulfonamides is 1. The van der Waals surface area contributed by atoms with Crippen LogP contribution in [0.2, 0.25) is 5.02 Å². The molecule has 0 aliphatic carbocycles. The van der Waals surface area contributed by atoms with Crippen molar-refractivity contribution in [3.63, 3.8) is 0 Å². The molecule has 2 amide bonds. The number of rotatable bonds is 7. The van der Waals surface area contributed by atoms with Crippen molar-refractivity contribution in [2.75, 3.05) is 18.6 Å². The highest BCUT2D eigenvalue weighted by molar-refractivity contribution is 7.89. The van der Waals surface area contributed by atoms with Gasteiger partial charge in [0.05, 0.1) is 12.8 Å². The Labute approximate surface area is 174 Å². The van der Waals surface area contributed by atoms with Gasteiger partial charge in [-0.1, -0.05) is 23.7 Å². The van der Waals surface area contributed by atoms with Gasteiger partial charge in [0.25, 0.3) is 0 Å². The summed E-state index contributed by atoms with van der Waals surface area (Å²) in [6.45, 7) is 0.166. The van der Waals surface area contributed by atoms with Crippen molar-refractivity contribution in [1.82, 2.24) is 4.72 Å². The van der Waals surface area contributed by atoms with Crippen LogP contribution in [0.15, 0.2) is 47.4 Å². The molecule has 1 heterocycles. The maximum atomic E-state index is 12.9. The van der Waals surface area contributed by atoms with Gasteiger partial charge in [-0.05, 0) is 48.7 Å². The Kier molecular flexibility index (Phi) is 6.56. The van der Waals surface area contributed by atoms with Crippen LogP contribution in [0.4, 0.5) is 5.69 Å². The lowest BCUT2D eigenvalue weighted by Gasteiger charge is -2.25. The zero-order valence-electron chi connectivity index (χ0n) is 15.9. The largest absolute Gasteiger partial charge is 0.495 e. The second kappa shape index (κ2) is 8.94. The van der Waals surface area contributed by atoms with Crippen molar-refractivity contribution in [3.8, 4) is 5.75 Å². The second-order valence-electron chi connectivity index (χ2n) is 6.59. The summed E-state index contributed by atoms with van der Waals surface area (Å²) >= 11 is 5.85. The smallest absolute Gasteiger partial charge is 0.244 e. The van der Waals surface area contributed by atoms with E-state index in [1.807, 2.05) is 12.1 Å². The van der Waals surface area contributed by atoms with Gasteiger partial charge in [-0.3, -0.25) is 14.5 Å². The third kappa shape index (κ3) is 4.95. The van der Waals surface area contributed by atoms with Gasteiger partial charge in [-0.2, -0.15) is 0 Å². The molecule has 0 saturated carbocycles. The summed E-state index contributed by atoms with van der Waals surface area (Å²) in [5, 5.41) is 0.609. The molecule has 0 aromatic heterocycles. The Hall–Kier alpha value is -2.42. The molecule has 7 nitrogen and oxygen atoms in total. The van der Waals surface area contributed by atoms with E-state index >= 15 is 0 Å². The number of halogens is 1. The van der Waals surface area contributed by atoms with E-state index in [-0.39, 0.29) is 47.5 Å². The SMILES string of the molecule is COc1ccc(N2C(=O)CCCC2=O)cc1S(=O)(=O)NCCc1ccc(Cl)cc1. The number of methoxy groups -OCH3 is 1. The number of carbonyl (C=O) groups excluding carboxylic acids is 2. The molecule has 0 radical (unpaired) electrons. The van der Waals surface area contributed by atoms with Gasteiger partial charge < -0.3 is 4.74 Å². The van der Waals surface area contributed by atoms with E-state index in [4.69, 9.17) is 16.3 Å². The highest BCUT2D eigenvalue weighted by Crippen LogP contribution is 2.31. The maximum Gasteiger partial charge on any atom is 0.244 e. The predicted molar refractivity (Wildman–Crippen MR) is 110 cm³/mol. The summed E-state index contributed by atoms with van der Waals surface area (Å²) in [6, 6.07) is 11.4. The Balaban J connectivity index is 1.82. The van der Waals surface area contributed by atoms with Crippen molar-refractivity contribution in [2.45, 2.75) is 30.6 Å². The van der Waals surface area contributed by atoms with Crippen LogP contribution in [0.3, 0.4) is 0 Å². The molecule has 29 heavy (non-hydrogen) atoms. The molecule has 0 bridgehead atoms. The molecular weight excluding hydrogens is 416 g/mol. The number of hydrogen-bond donors (Lipinski definition) is 1. The molecule has 1 aliphatic heterocycles. The van der Waals surface area contributed by atoms with Gasteiger partial charge in [0.2, 0.25) is 21.8 Å². The highest BCUT2D eigenvalue weighted by atomic mass is 35.5. The fourth-order valence-corrected chi connectivity index (χ4v) is 4.46. The molecule has 1 N–H and O–H groups in total. The van der Waals surface area contributed by atoms with Crippen LogP contribution in [0.1, 0.15) is 24.8 Å². The first-order chi connectivity index (χ1) is 13.8. The summed E-state index contributed by atoms with van der Waals surface area (Å²) in [4.78, 5) is 25.3. The Bertz CT molecular complexity index is 1010. The van der Waals surface area contributed by atoms with Crippen molar-refractivity contribution >= 4 is 39.1 Å². The van der Waals surface area contributed by atoms with Crippen LogP contribution in [-0.2, 0) is 26.0 Å². The van der Waals surface area contributed by atoms with Crippen LogP contribution >= 0.6 is 11.6 Å². The zero-order valence-corrected chi connectivity index (χ0v) is 17.4. The first-order valence-electron chi connectivity index (χ1n) is 9.10. The Morgan fingerprint density at radius 1 is 1.07 bits per heavy atom. The number of anilines is 1. The quantitative estimate of drug-likeness (QED) is 0.673. The van der Waals surface area contributed by atoms with E-state index in [1.54, 1.807) is 12.1 Å². The summed E-state index contributed by atoms with van der Waals surface area (Å²) in [6.07, 6.45) is 1.47. The third-order valence-electron chi connectivity index (χ3n) is 4.59. The Morgan fingerprint density at radius 3 is 2.34 bits per heavy atom. The number of amides is 2. The van der Waals surface area contributed by atoms with Gasteiger partial charge in [0.15, 0.2) is 0 Å². The zero-order chi connectivity index (χ0) is 21.0. The Morgan fingerprint density at radius 2 is 1.72 bits per heavy atom. The molecule has 154 valence electrons. The summed E-state index contributed by atoms with van der Waals surface area (Å²) < 4.78 is 33.4. The van der Waals surface area contributed by atoms with Gasteiger partial charge >= 0.3 is 0 Å². The molecule has 0 atom stereocenters. The number of nitrogens with zero attached hydrogens (tertiary/aromatic N) is 1. The third-order valence-corrected chi connectivity index (χ3v) is 6.33. The highest BCUT2D eigenvalue weighted by Gasteiger charge is 2.29. The van der Waals surface area contributed by atoms with Gasteiger partial charge in [0.1, 0.15) is 10.6 Å². The molecule has 2 aromatic carbocycles. The summed E-state index contributed by atoms with van der Waals surface area (Å²) in [7, 11) is -2.57. The number of ether oxygens (including phenoxy) is 1. The van der Waals surface area contributed by atoms with E-state index in [0.29, 0.717) is 17.9 Å². The summed E-state index contributed by atoms with van der Waals surface area (Å²) in [5.74, 6) is -0.555. The number of imide groups is 1. The topological polar surface area (TPSA) is 92.8 Å². The standard InChI is InChI=1S/C20H21ClN2O5S/c1-28-17-10-9-16(23-19(24)3-2-4-20(23)25)13-18(17)29(26,27)22-12-11-14-5-7-15(21)8-6-14/h5-10,13,22H,2-4,11-12H2,1H3. The van der Waals surface area contributed by atoms with E-state index in [1.165, 1.54) is 25.3 Å². The van der Waals surface area contributed by atoms with Gasteiger partial charge in [-0.25, -0.2) is 13.1 Å². The molecule has 3 rings (SSSR count). The number of carbonyl (C=O) groups is 2. The molecule has 2 aromatic rings. The fraction of sp³-hybridized carbons (Fsp3) is 0.300. The normalized spacial score (nSPS) is 14.9. The van der Waals surface area contributed by atoms with E-state index < -0.39 is 10.0 Å². The lowest BCUT2D eigenvalue weighted by Crippen LogP contribution is -2.40. The first-order valence-corrected chi connectivity index (χ1v) is 11.0. The van der Waals surface area contributed by atoms with Crippen LogP contribution < -0.4 is 14.4 Å². The lowest BCUT2D eigenvalue weighted by atomic mass is 10.1. The second-order valence-corrected chi connectivity index (χ2v) is 8.76. The van der Waals surface area contributed by atoms with Crippen molar-refractivity contribution in [2.24, 2.45) is 0 Å². The number of hydrogen-bond acceptors (Lipinski definition) is 5. The minimum absolute atomic E-state index is 0.125. The van der Waals surface area contributed by atoms with E-state index in [2.05, 4.69) is 4.72 Å². The molecule has 1 saturated heterocycles. The predicted octanol–water partition coefficient (Wildman–Crippen LogP) is 2.91. The summed E-state index contributed by atoms with van der Waals surface area (Å²) in [5.41, 5.74) is 1.15. The molecule has 0 unspecified atom stereocenters. The average Bonchev–Trinajstić information content (AvgIpc) is 2.69. The number of piperidine rings is 1.